The monoisotopic (exact) mass is 476 g/mol. The Morgan fingerprint density at radius 1 is 1.12 bits per heavy atom. The molecule has 4 rings (SSSR count). The molecule has 1 atom stereocenters. The van der Waals surface area contributed by atoms with E-state index in [1.165, 1.54) is 10.6 Å². The number of anilines is 3. The largest absolute Gasteiger partial charge is 0.368 e. The topological polar surface area (TPSA) is 130 Å². The second-order valence-electron chi connectivity index (χ2n) is 7.79. The van der Waals surface area contributed by atoms with Gasteiger partial charge in [0.15, 0.2) is 0 Å². The third-order valence-electron chi connectivity index (χ3n) is 5.39. The fourth-order valence-corrected chi connectivity index (χ4v) is 4.86. The summed E-state index contributed by atoms with van der Waals surface area (Å²) < 4.78 is 25.3. The molecule has 0 spiro atoms. The van der Waals surface area contributed by atoms with Crippen LogP contribution in [0.2, 0.25) is 5.02 Å². The summed E-state index contributed by atoms with van der Waals surface area (Å²) in [6.45, 7) is 5.57. The van der Waals surface area contributed by atoms with E-state index in [0.29, 0.717) is 48.5 Å². The fraction of sp³-hybridized carbons (Fsp3) is 0.400. The standard InChI is InChI=1S/C20H25ClN8O2S/c1-12(23-20-25-13(2)24-19(22)27-20)15-11-14-5-4-6-16(21)17(14)26-18(15)28-7-9-29(10-8-28)32(3,30)31/h4-6,11-12H,7-10H2,1-3H3,(H3,22,23,24,25,27)/t12-/m0/s1. The minimum Gasteiger partial charge on any atom is -0.368 e. The average molecular weight is 477 g/mol. The minimum absolute atomic E-state index is 0.146. The molecule has 12 heteroatoms. The van der Waals surface area contributed by atoms with Crippen molar-refractivity contribution in [1.82, 2.24) is 24.2 Å². The van der Waals surface area contributed by atoms with Crippen molar-refractivity contribution in [3.63, 3.8) is 0 Å². The second kappa shape index (κ2) is 8.64. The Morgan fingerprint density at radius 2 is 1.84 bits per heavy atom. The Labute approximate surface area is 191 Å². The number of nitrogens with two attached hydrogens (primary N) is 1. The number of piperazine rings is 1. The SMILES string of the molecule is Cc1nc(N)nc(N[C@@H](C)c2cc3cccc(Cl)c3nc2N2CCN(S(C)(=O)=O)CC2)n1. The molecule has 3 heterocycles. The third kappa shape index (κ3) is 4.69. The summed E-state index contributed by atoms with van der Waals surface area (Å²) in [5.41, 5.74) is 7.39. The molecule has 2 aromatic heterocycles. The Bertz CT molecular complexity index is 1240. The molecule has 1 aromatic carbocycles. The van der Waals surface area contributed by atoms with Gasteiger partial charge in [-0.05, 0) is 26.0 Å². The first-order valence-electron chi connectivity index (χ1n) is 10.2. The lowest BCUT2D eigenvalue weighted by atomic mass is 10.0. The van der Waals surface area contributed by atoms with Crippen LogP contribution in [0.15, 0.2) is 24.3 Å². The molecule has 0 saturated carbocycles. The van der Waals surface area contributed by atoms with Gasteiger partial charge in [0.1, 0.15) is 11.6 Å². The normalized spacial score (nSPS) is 16.3. The molecular weight excluding hydrogens is 452 g/mol. The Balaban J connectivity index is 1.72. The summed E-state index contributed by atoms with van der Waals surface area (Å²) in [7, 11) is -3.23. The van der Waals surface area contributed by atoms with Gasteiger partial charge in [0.25, 0.3) is 0 Å². The van der Waals surface area contributed by atoms with Crippen LogP contribution in [0.4, 0.5) is 17.7 Å². The highest BCUT2D eigenvalue weighted by atomic mass is 35.5. The number of halogens is 1. The lowest BCUT2D eigenvalue weighted by Gasteiger charge is -2.35. The van der Waals surface area contributed by atoms with Gasteiger partial charge in [-0.2, -0.15) is 19.3 Å². The zero-order valence-corrected chi connectivity index (χ0v) is 19.7. The molecule has 1 fully saturated rings. The number of aromatic nitrogens is 4. The molecule has 3 aromatic rings. The maximum absolute atomic E-state index is 11.9. The highest BCUT2D eigenvalue weighted by Crippen LogP contribution is 2.33. The van der Waals surface area contributed by atoms with Crippen molar-refractivity contribution in [3.8, 4) is 0 Å². The highest BCUT2D eigenvalue weighted by Gasteiger charge is 2.27. The van der Waals surface area contributed by atoms with Crippen molar-refractivity contribution in [3.05, 3.63) is 40.7 Å². The molecule has 1 saturated heterocycles. The molecular formula is C20H25ClN8O2S. The van der Waals surface area contributed by atoms with Gasteiger partial charge >= 0.3 is 0 Å². The molecule has 0 aliphatic carbocycles. The van der Waals surface area contributed by atoms with Crippen LogP contribution in [0.25, 0.3) is 10.9 Å². The van der Waals surface area contributed by atoms with Crippen LogP contribution in [-0.4, -0.2) is 65.1 Å². The first kappa shape index (κ1) is 22.4. The van der Waals surface area contributed by atoms with Crippen molar-refractivity contribution >= 4 is 50.2 Å². The van der Waals surface area contributed by atoms with Gasteiger partial charge in [-0.15, -0.1) is 0 Å². The van der Waals surface area contributed by atoms with Crippen LogP contribution in [0, 0.1) is 6.92 Å². The summed E-state index contributed by atoms with van der Waals surface area (Å²) in [4.78, 5) is 19.5. The van der Waals surface area contributed by atoms with Gasteiger partial charge in [-0.25, -0.2) is 13.4 Å². The zero-order valence-electron chi connectivity index (χ0n) is 18.1. The van der Waals surface area contributed by atoms with Crippen molar-refractivity contribution in [1.29, 1.82) is 0 Å². The molecule has 3 N–H and O–H groups in total. The average Bonchev–Trinajstić information content (AvgIpc) is 2.72. The van der Waals surface area contributed by atoms with Crippen LogP contribution in [-0.2, 0) is 10.0 Å². The number of sulfonamides is 1. The number of aryl methyl sites for hydroxylation is 1. The van der Waals surface area contributed by atoms with Crippen LogP contribution in [0.3, 0.4) is 0 Å². The van der Waals surface area contributed by atoms with E-state index in [9.17, 15) is 8.42 Å². The number of nitrogen functional groups attached to an aromatic ring is 1. The van der Waals surface area contributed by atoms with Crippen molar-refractivity contribution in [2.75, 3.05) is 48.4 Å². The summed E-state index contributed by atoms with van der Waals surface area (Å²) in [6.07, 6.45) is 1.23. The van der Waals surface area contributed by atoms with E-state index in [-0.39, 0.29) is 12.0 Å². The van der Waals surface area contributed by atoms with Crippen LogP contribution in [0.1, 0.15) is 24.4 Å². The van der Waals surface area contributed by atoms with E-state index < -0.39 is 10.0 Å². The van der Waals surface area contributed by atoms with E-state index in [2.05, 4.69) is 25.2 Å². The quantitative estimate of drug-likeness (QED) is 0.569. The number of para-hydroxylation sites is 1. The molecule has 0 unspecified atom stereocenters. The van der Waals surface area contributed by atoms with Crippen LogP contribution < -0.4 is 16.0 Å². The molecule has 0 bridgehead atoms. The van der Waals surface area contributed by atoms with E-state index in [1.54, 1.807) is 13.0 Å². The predicted molar refractivity (Wildman–Crippen MR) is 126 cm³/mol. The first-order valence-corrected chi connectivity index (χ1v) is 12.4. The maximum Gasteiger partial charge on any atom is 0.228 e. The van der Waals surface area contributed by atoms with E-state index in [1.807, 2.05) is 25.1 Å². The summed E-state index contributed by atoms with van der Waals surface area (Å²) in [5, 5.41) is 4.75. The van der Waals surface area contributed by atoms with Gasteiger partial charge < -0.3 is 16.0 Å². The Kier molecular flexibility index (Phi) is 6.06. The fourth-order valence-electron chi connectivity index (χ4n) is 3.81. The van der Waals surface area contributed by atoms with Gasteiger partial charge in [0.05, 0.1) is 22.8 Å². The van der Waals surface area contributed by atoms with Gasteiger partial charge in [0.2, 0.25) is 21.9 Å². The van der Waals surface area contributed by atoms with Crippen molar-refractivity contribution < 1.29 is 8.42 Å². The molecule has 0 amide bonds. The number of benzene rings is 1. The third-order valence-corrected chi connectivity index (χ3v) is 7.00. The lowest BCUT2D eigenvalue weighted by Crippen LogP contribution is -2.49. The smallest absolute Gasteiger partial charge is 0.228 e. The number of hydrogen-bond acceptors (Lipinski definition) is 9. The van der Waals surface area contributed by atoms with E-state index >= 15 is 0 Å². The Hall–Kier alpha value is -2.76. The molecule has 32 heavy (non-hydrogen) atoms. The van der Waals surface area contributed by atoms with E-state index in [0.717, 1.165) is 16.8 Å². The second-order valence-corrected chi connectivity index (χ2v) is 10.2. The zero-order chi connectivity index (χ0) is 23.0. The van der Waals surface area contributed by atoms with Crippen LogP contribution in [0.5, 0.6) is 0 Å². The molecule has 170 valence electrons. The predicted octanol–water partition coefficient (Wildman–Crippen LogP) is 2.22. The number of rotatable bonds is 5. The highest BCUT2D eigenvalue weighted by molar-refractivity contribution is 7.88. The molecule has 10 nitrogen and oxygen atoms in total. The molecule has 1 aliphatic heterocycles. The van der Waals surface area contributed by atoms with E-state index in [4.69, 9.17) is 22.3 Å². The number of nitrogens with zero attached hydrogens (tertiary/aromatic N) is 6. The van der Waals surface area contributed by atoms with Crippen molar-refractivity contribution in [2.24, 2.45) is 0 Å². The summed E-state index contributed by atoms with van der Waals surface area (Å²) >= 11 is 6.42. The Morgan fingerprint density at radius 3 is 2.50 bits per heavy atom. The van der Waals surface area contributed by atoms with Gasteiger partial charge in [-0.3, -0.25) is 0 Å². The number of fused-ring (bicyclic) bond motifs is 1. The van der Waals surface area contributed by atoms with Crippen LogP contribution >= 0.6 is 11.6 Å². The summed E-state index contributed by atoms with van der Waals surface area (Å²) in [5.74, 6) is 1.79. The van der Waals surface area contributed by atoms with Crippen molar-refractivity contribution in [2.45, 2.75) is 19.9 Å². The number of hydrogen-bond donors (Lipinski definition) is 2. The number of nitrogens with one attached hydrogen (secondary N) is 1. The molecule has 1 aliphatic rings. The maximum atomic E-state index is 11.9. The molecule has 0 radical (unpaired) electrons. The van der Waals surface area contributed by atoms with Gasteiger partial charge in [0, 0.05) is 37.1 Å². The van der Waals surface area contributed by atoms with Gasteiger partial charge in [-0.1, -0.05) is 23.7 Å². The summed E-state index contributed by atoms with van der Waals surface area (Å²) in [6, 6.07) is 7.48. The lowest BCUT2D eigenvalue weighted by molar-refractivity contribution is 0.386. The first-order chi connectivity index (χ1) is 15.1. The number of pyridine rings is 1. The minimum atomic E-state index is -3.23.